The number of imide groups is 1. The molecule has 6 heteroatoms. The van der Waals surface area contributed by atoms with E-state index < -0.39 is 0 Å². The van der Waals surface area contributed by atoms with Crippen LogP contribution < -0.4 is 4.90 Å². The van der Waals surface area contributed by atoms with Gasteiger partial charge in [-0.25, -0.2) is 4.90 Å². The van der Waals surface area contributed by atoms with Gasteiger partial charge < -0.3 is 4.90 Å². The molecule has 0 N–H and O–H groups in total. The van der Waals surface area contributed by atoms with E-state index in [2.05, 4.69) is 18.7 Å². The Labute approximate surface area is 180 Å². The van der Waals surface area contributed by atoms with Gasteiger partial charge in [0.05, 0.1) is 21.3 Å². The first-order valence-electron chi connectivity index (χ1n) is 9.76. The van der Waals surface area contributed by atoms with Crippen molar-refractivity contribution in [2.45, 2.75) is 20.3 Å². The van der Waals surface area contributed by atoms with Crippen LogP contribution in [0.15, 0.2) is 54.2 Å². The lowest BCUT2D eigenvalue weighted by Crippen LogP contribution is -2.42. The molecule has 0 aliphatic carbocycles. The van der Waals surface area contributed by atoms with E-state index in [-0.39, 0.29) is 16.8 Å². The van der Waals surface area contributed by atoms with Gasteiger partial charge in [-0.2, -0.15) is 0 Å². The van der Waals surface area contributed by atoms with Gasteiger partial charge in [-0.05, 0) is 36.0 Å². The molecule has 2 atom stereocenters. The largest absolute Gasteiger partial charge is 0.366 e. The summed E-state index contributed by atoms with van der Waals surface area (Å²) < 4.78 is 0. The van der Waals surface area contributed by atoms with Crippen LogP contribution in [0.1, 0.15) is 25.8 Å². The third kappa shape index (κ3) is 3.56. The van der Waals surface area contributed by atoms with Gasteiger partial charge in [0.2, 0.25) is 0 Å². The topological polar surface area (TPSA) is 40.6 Å². The zero-order chi connectivity index (χ0) is 20.7. The number of hydrogen-bond donors (Lipinski definition) is 0. The summed E-state index contributed by atoms with van der Waals surface area (Å²) in [4.78, 5) is 30.3. The van der Waals surface area contributed by atoms with E-state index in [0.717, 1.165) is 30.0 Å². The monoisotopic (exact) mass is 428 g/mol. The second-order valence-corrected chi connectivity index (χ2v) is 8.74. The van der Waals surface area contributed by atoms with Crippen molar-refractivity contribution in [1.82, 2.24) is 4.90 Å². The van der Waals surface area contributed by atoms with E-state index in [1.165, 1.54) is 0 Å². The molecule has 0 aromatic heterocycles. The van der Waals surface area contributed by atoms with E-state index in [0.29, 0.717) is 33.8 Å². The number of likely N-dealkylation sites (tertiary alicyclic amines) is 1. The summed E-state index contributed by atoms with van der Waals surface area (Å²) >= 11 is 12.5. The van der Waals surface area contributed by atoms with E-state index in [1.807, 2.05) is 30.3 Å². The molecule has 0 saturated carbocycles. The van der Waals surface area contributed by atoms with E-state index in [1.54, 1.807) is 18.2 Å². The zero-order valence-corrected chi connectivity index (χ0v) is 17.9. The molecule has 2 aromatic rings. The zero-order valence-electron chi connectivity index (χ0n) is 16.4. The van der Waals surface area contributed by atoms with Crippen molar-refractivity contribution in [3.8, 4) is 0 Å². The molecule has 2 aromatic carbocycles. The minimum absolute atomic E-state index is 0.199. The molecule has 2 aliphatic heterocycles. The molecule has 29 heavy (non-hydrogen) atoms. The van der Waals surface area contributed by atoms with Crippen LogP contribution in [-0.4, -0.2) is 29.8 Å². The van der Waals surface area contributed by atoms with Crippen molar-refractivity contribution in [3.05, 3.63) is 69.8 Å². The Balaban J connectivity index is 1.86. The Hall–Kier alpha value is -2.30. The molecule has 0 spiro atoms. The molecule has 1 saturated heterocycles. The normalized spacial score (nSPS) is 22.6. The number of amides is 2. The molecule has 4 rings (SSSR count). The highest BCUT2D eigenvalue weighted by Crippen LogP contribution is 2.40. The minimum Gasteiger partial charge on any atom is -0.366 e. The van der Waals surface area contributed by atoms with Gasteiger partial charge >= 0.3 is 0 Å². The lowest BCUT2D eigenvalue weighted by atomic mass is 9.91. The van der Waals surface area contributed by atoms with Gasteiger partial charge in [0, 0.05) is 13.1 Å². The molecule has 2 amide bonds. The number of hydrogen-bond acceptors (Lipinski definition) is 3. The smallest absolute Gasteiger partial charge is 0.282 e. The van der Waals surface area contributed by atoms with Crippen LogP contribution in [0.4, 0.5) is 5.69 Å². The van der Waals surface area contributed by atoms with E-state index in [9.17, 15) is 9.59 Å². The van der Waals surface area contributed by atoms with Gasteiger partial charge in [-0.15, -0.1) is 0 Å². The third-order valence-corrected chi connectivity index (χ3v) is 6.29. The second kappa shape index (κ2) is 7.85. The summed E-state index contributed by atoms with van der Waals surface area (Å²) in [7, 11) is 0. The first-order chi connectivity index (χ1) is 13.9. The Morgan fingerprint density at radius 2 is 1.52 bits per heavy atom. The van der Waals surface area contributed by atoms with Crippen LogP contribution >= 0.6 is 23.2 Å². The SMILES string of the molecule is CC1CC(C)CN(C2=C(c3ccccc3)C(=O)N(c3cccc(Cl)c3Cl)C2=O)C1. The van der Waals surface area contributed by atoms with Gasteiger partial charge in [0.25, 0.3) is 11.8 Å². The second-order valence-electron chi connectivity index (χ2n) is 7.96. The van der Waals surface area contributed by atoms with E-state index >= 15 is 0 Å². The average Bonchev–Trinajstić information content (AvgIpc) is 2.94. The lowest BCUT2D eigenvalue weighted by molar-refractivity contribution is -0.120. The van der Waals surface area contributed by atoms with Crippen LogP contribution in [0.3, 0.4) is 0 Å². The Kier molecular flexibility index (Phi) is 5.41. The van der Waals surface area contributed by atoms with Gasteiger partial charge in [-0.3, -0.25) is 9.59 Å². The predicted octanol–water partition coefficient (Wildman–Crippen LogP) is 5.26. The quantitative estimate of drug-likeness (QED) is 0.626. The molecule has 0 bridgehead atoms. The number of piperidine rings is 1. The highest BCUT2D eigenvalue weighted by atomic mass is 35.5. The first kappa shape index (κ1) is 20.0. The molecule has 0 radical (unpaired) electrons. The van der Waals surface area contributed by atoms with Gasteiger partial charge in [0.15, 0.2) is 0 Å². The maximum absolute atomic E-state index is 13.6. The average molecular weight is 429 g/mol. The van der Waals surface area contributed by atoms with Crippen molar-refractivity contribution in [3.63, 3.8) is 0 Å². The number of benzene rings is 2. The molecule has 150 valence electrons. The summed E-state index contributed by atoms with van der Waals surface area (Å²) in [6.45, 7) is 5.84. The van der Waals surface area contributed by atoms with Crippen LogP contribution in [0, 0.1) is 11.8 Å². The van der Waals surface area contributed by atoms with Crippen LogP contribution in [0.2, 0.25) is 10.0 Å². The number of halogens is 2. The summed E-state index contributed by atoms with van der Waals surface area (Å²) in [6.07, 6.45) is 1.11. The predicted molar refractivity (Wildman–Crippen MR) is 117 cm³/mol. The van der Waals surface area contributed by atoms with Gasteiger partial charge in [-0.1, -0.05) is 73.4 Å². The summed E-state index contributed by atoms with van der Waals surface area (Å²) in [5, 5.41) is 0.504. The van der Waals surface area contributed by atoms with Crippen molar-refractivity contribution in [1.29, 1.82) is 0 Å². The molecule has 2 unspecified atom stereocenters. The summed E-state index contributed by atoms with van der Waals surface area (Å²) in [6, 6.07) is 14.3. The fourth-order valence-electron chi connectivity index (χ4n) is 4.41. The number of carbonyl (C=O) groups excluding carboxylic acids is 2. The number of anilines is 1. The lowest BCUT2D eigenvalue weighted by Gasteiger charge is -2.37. The molecule has 1 fully saturated rings. The maximum atomic E-state index is 13.6. The number of nitrogens with zero attached hydrogens (tertiary/aromatic N) is 2. The molecule has 2 heterocycles. The highest BCUT2D eigenvalue weighted by Gasteiger charge is 2.44. The number of carbonyl (C=O) groups is 2. The summed E-state index contributed by atoms with van der Waals surface area (Å²) in [5.74, 6) is 0.163. The third-order valence-electron chi connectivity index (χ3n) is 5.48. The van der Waals surface area contributed by atoms with Crippen LogP contribution in [-0.2, 0) is 9.59 Å². The van der Waals surface area contributed by atoms with Crippen LogP contribution in [0.5, 0.6) is 0 Å². The van der Waals surface area contributed by atoms with Crippen LogP contribution in [0.25, 0.3) is 5.57 Å². The van der Waals surface area contributed by atoms with Crippen molar-refractivity contribution in [2.75, 3.05) is 18.0 Å². The van der Waals surface area contributed by atoms with Crippen molar-refractivity contribution < 1.29 is 9.59 Å². The maximum Gasteiger partial charge on any atom is 0.282 e. The van der Waals surface area contributed by atoms with Gasteiger partial charge in [0.1, 0.15) is 5.70 Å². The molecular formula is C23H22Cl2N2O2. The minimum atomic E-state index is -0.369. The van der Waals surface area contributed by atoms with Crippen molar-refractivity contribution in [2.24, 2.45) is 11.8 Å². The van der Waals surface area contributed by atoms with Crippen molar-refractivity contribution >= 4 is 46.3 Å². The Bertz CT molecular complexity index is 993. The molecule has 4 nitrogen and oxygen atoms in total. The summed E-state index contributed by atoms with van der Waals surface area (Å²) in [5.41, 5.74) is 1.92. The molecule has 2 aliphatic rings. The fraction of sp³-hybridized carbons (Fsp3) is 0.304. The van der Waals surface area contributed by atoms with E-state index in [4.69, 9.17) is 23.2 Å². The molecular weight excluding hydrogens is 407 g/mol. The first-order valence-corrected chi connectivity index (χ1v) is 10.5. The highest BCUT2D eigenvalue weighted by molar-refractivity contribution is 6.49. The Morgan fingerprint density at radius 1 is 0.862 bits per heavy atom. The Morgan fingerprint density at radius 3 is 2.17 bits per heavy atom. The number of rotatable bonds is 3. The fourth-order valence-corrected chi connectivity index (χ4v) is 4.79. The standard InChI is InChI=1S/C23H22Cl2N2O2/c1-14-11-15(2)13-26(12-14)21-19(16-7-4-3-5-8-16)22(28)27(23(21)29)18-10-6-9-17(24)20(18)25/h3-10,14-15H,11-13H2,1-2H3.